The van der Waals surface area contributed by atoms with Gasteiger partial charge in [-0.25, -0.2) is 8.42 Å². The molecule has 2 aromatic rings. The first-order valence-electron chi connectivity index (χ1n) is 10.8. The van der Waals surface area contributed by atoms with Crippen molar-refractivity contribution in [2.75, 3.05) is 29.9 Å². The van der Waals surface area contributed by atoms with E-state index in [0.29, 0.717) is 37.3 Å². The molecule has 7 nitrogen and oxygen atoms in total. The molecule has 2 amide bonds. The van der Waals surface area contributed by atoms with E-state index in [4.69, 9.17) is 0 Å². The molecule has 0 bridgehead atoms. The lowest BCUT2D eigenvalue weighted by Crippen LogP contribution is -2.35. The van der Waals surface area contributed by atoms with E-state index in [2.05, 4.69) is 5.32 Å². The summed E-state index contributed by atoms with van der Waals surface area (Å²) < 4.78 is 27.0. The third-order valence-corrected chi connectivity index (χ3v) is 7.72. The highest BCUT2D eigenvalue weighted by atomic mass is 32.2. The van der Waals surface area contributed by atoms with Gasteiger partial charge in [0.1, 0.15) is 0 Å². The second kappa shape index (κ2) is 9.20. The lowest BCUT2D eigenvalue weighted by molar-refractivity contribution is -0.119. The molecule has 0 aliphatic carbocycles. The average molecular weight is 442 g/mol. The first-order chi connectivity index (χ1) is 14.9. The van der Waals surface area contributed by atoms with Crippen LogP contribution in [0.5, 0.6) is 0 Å². The molecular formula is C23H27N3O4S. The van der Waals surface area contributed by atoms with E-state index >= 15 is 0 Å². The minimum absolute atomic E-state index is 0.0974. The van der Waals surface area contributed by atoms with E-state index in [0.717, 1.165) is 37.8 Å². The summed E-state index contributed by atoms with van der Waals surface area (Å²) in [6.07, 6.45) is 5.23. The second-order valence-electron chi connectivity index (χ2n) is 8.00. The Morgan fingerprint density at radius 3 is 2.29 bits per heavy atom. The molecule has 0 atom stereocenters. The quantitative estimate of drug-likeness (QED) is 0.768. The molecule has 164 valence electrons. The van der Waals surface area contributed by atoms with E-state index in [1.165, 1.54) is 28.6 Å². The van der Waals surface area contributed by atoms with Crippen molar-refractivity contribution in [3.8, 4) is 0 Å². The normalized spacial score (nSPS) is 18.1. The number of carbonyl (C=O) groups is 2. The summed E-state index contributed by atoms with van der Waals surface area (Å²) >= 11 is 0. The molecule has 4 rings (SSSR count). The molecule has 2 aliphatic rings. The zero-order chi connectivity index (χ0) is 21.8. The minimum Gasteiger partial charge on any atom is -0.322 e. The van der Waals surface area contributed by atoms with Gasteiger partial charge in [0.05, 0.1) is 4.90 Å². The summed E-state index contributed by atoms with van der Waals surface area (Å²) in [5.41, 5.74) is 1.73. The Hall–Kier alpha value is -2.71. The highest BCUT2D eigenvalue weighted by Crippen LogP contribution is 2.25. The van der Waals surface area contributed by atoms with Crippen LogP contribution in [0.2, 0.25) is 0 Å². The number of piperidine rings is 2. The summed E-state index contributed by atoms with van der Waals surface area (Å²) in [4.78, 5) is 26.8. The lowest BCUT2D eigenvalue weighted by atomic mass is 10.1. The largest absolute Gasteiger partial charge is 0.322 e. The van der Waals surface area contributed by atoms with Gasteiger partial charge in [0.2, 0.25) is 15.9 Å². The molecule has 0 saturated carbocycles. The van der Waals surface area contributed by atoms with E-state index in [9.17, 15) is 18.0 Å². The van der Waals surface area contributed by atoms with Crippen LogP contribution in [0.15, 0.2) is 53.4 Å². The molecule has 2 fully saturated rings. The van der Waals surface area contributed by atoms with Crippen molar-refractivity contribution >= 4 is 33.2 Å². The van der Waals surface area contributed by atoms with Gasteiger partial charge in [0.15, 0.2) is 0 Å². The van der Waals surface area contributed by atoms with Gasteiger partial charge in [-0.3, -0.25) is 9.59 Å². The Kier molecular flexibility index (Phi) is 6.38. The fourth-order valence-corrected chi connectivity index (χ4v) is 5.58. The third-order valence-electron chi connectivity index (χ3n) is 5.81. The highest BCUT2D eigenvalue weighted by Gasteiger charge is 2.26. The molecule has 2 aliphatic heterocycles. The van der Waals surface area contributed by atoms with Gasteiger partial charge in [-0.05, 0) is 68.1 Å². The van der Waals surface area contributed by atoms with E-state index in [1.54, 1.807) is 23.1 Å². The molecular weight excluding hydrogens is 414 g/mol. The number of amides is 2. The molecule has 2 saturated heterocycles. The van der Waals surface area contributed by atoms with Gasteiger partial charge < -0.3 is 10.2 Å². The molecule has 2 heterocycles. The average Bonchev–Trinajstić information content (AvgIpc) is 2.80. The number of anilines is 2. The van der Waals surface area contributed by atoms with Crippen molar-refractivity contribution in [3.63, 3.8) is 0 Å². The number of nitrogens with zero attached hydrogens (tertiary/aromatic N) is 2. The molecule has 0 unspecified atom stereocenters. The zero-order valence-electron chi connectivity index (χ0n) is 17.4. The first-order valence-corrected chi connectivity index (χ1v) is 12.2. The summed E-state index contributed by atoms with van der Waals surface area (Å²) in [5.74, 6) is -0.232. The van der Waals surface area contributed by atoms with Crippen molar-refractivity contribution < 1.29 is 18.0 Å². The SMILES string of the molecule is O=C(Nc1cccc(N2CCCCC2=O)c1)c1ccc(S(=O)(=O)N2CCCCC2)cc1. The van der Waals surface area contributed by atoms with Crippen LogP contribution in [0, 0.1) is 0 Å². The fourth-order valence-electron chi connectivity index (χ4n) is 4.07. The number of hydrogen-bond acceptors (Lipinski definition) is 4. The van der Waals surface area contributed by atoms with Gasteiger partial charge in [-0.2, -0.15) is 4.31 Å². The maximum absolute atomic E-state index is 12.8. The molecule has 0 aromatic heterocycles. The van der Waals surface area contributed by atoms with Crippen LogP contribution in [-0.4, -0.2) is 44.2 Å². The molecule has 0 radical (unpaired) electrons. The van der Waals surface area contributed by atoms with Crippen LogP contribution in [0.25, 0.3) is 0 Å². The fraction of sp³-hybridized carbons (Fsp3) is 0.391. The zero-order valence-corrected chi connectivity index (χ0v) is 18.2. The lowest BCUT2D eigenvalue weighted by Gasteiger charge is -2.27. The van der Waals surface area contributed by atoms with E-state index < -0.39 is 10.0 Å². The van der Waals surface area contributed by atoms with Crippen LogP contribution >= 0.6 is 0 Å². The summed E-state index contributed by atoms with van der Waals surface area (Å²) in [6.45, 7) is 1.77. The Morgan fingerprint density at radius 1 is 0.871 bits per heavy atom. The standard InChI is InChI=1S/C23H27N3O4S/c27-22-9-2-5-16-26(22)20-8-6-7-19(17-20)24-23(28)18-10-12-21(13-11-18)31(29,30)25-14-3-1-4-15-25/h6-8,10-13,17H,1-5,9,14-16H2,(H,24,28). The first kappa shape index (κ1) is 21.5. The van der Waals surface area contributed by atoms with Crippen molar-refractivity contribution in [2.24, 2.45) is 0 Å². The van der Waals surface area contributed by atoms with Crippen LogP contribution in [0.3, 0.4) is 0 Å². The van der Waals surface area contributed by atoms with Crippen LogP contribution in [-0.2, 0) is 14.8 Å². The van der Waals surface area contributed by atoms with Gasteiger partial charge in [-0.15, -0.1) is 0 Å². The number of benzene rings is 2. The van der Waals surface area contributed by atoms with Crippen molar-refractivity contribution in [1.29, 1.82) is 0 Å². The number of rotatable bonds is 5. The summed E-state index contributed by atoms with van der Waals surface area (Å²) in [5, 5.41) is 2.84. The topological polar surface area (TPSA) is 86.8 Å². The van der Waals surface area contributed by atoms with Crippen LogP contribution in [0.1, 0.15) is 48.9 Å². The number of carbonyl (C=O) groups excluding carboxylic acids is 2. The molecule has 2 aromatic carbocycles. The Balaban J connectivity index is 1.45. The van der Waals surface area contributed by atoms with Crippen molar-refractivity contribution in [3.05, 3.63) is 54.1 Å². The van der Waals surface area contributed by atoms with Crippen molar-refractivity contribution in [2.45, 2.75) is 43.4 Å². The number of sulfonamides is 1. The predicted molar refractivity (Wildman–Crippen MR) is 120 cm³/mol. The predicted octanol–water partition coefficient (Wildman–Crippen LogP) is 3.63. The smallest absolute Gasteiger partial charge is 0.255 e. The van der Waals surface area contributed by atoms with Gasteiger partial charge in [0.25, 0.3) is 5.91 Å². The van der Waals surface area contributed by atoms with Crippen molar-refractivity contribution in [1.82, 2.24) is 4.31 Å². The Labute approximate surface area is 183 Å². The van der Waals surface area contributed by atoms with Crippen LogP contribution in [0.4, 0.5) is 11.4 Å². The molecule has 8 heteroatoms. The van der Waals surface area contributed by atoms with Gasteiger partial charge in [0, 0.05) is 43.0 Å². The molecule has 31 heavy (non-hydrogen) atoms. The van der Waals surface area contributed by atoms with E-state index in [-0.39, 0.29) is 16.7 Å². The second-order valence-corrected chi connectivity index (χ2v) is 9.93. The van der Waals surface area contributed by atoms with E-state index in [1.807, 2.05) is 6.07 Å². The third kappa shape index (κ3) is 4.80. The van der Waals surface area contributed by atoms with Gasteiger partial charge in [-0.1, -0.05) is 12.5 Å². The molecule has 0 spiro atoms. The monoisotopic (exact) mass is 441 g/mol. The summed E-state index contributed by atoms with van der Waals surface area (Å²) in [7, 11) is -3.52. The molecule has 1 N–H and O–H groups in total. The maximum Gasteiger partial charge on any atom is 0.255 e. The highest BCUT2D eigenvalue weighted by molar-refractivity contribution is 7.89. The number of hydrogen-bond donors (Lipinski definition) is 1. The maximum atomic E-state index is 12.8. The Bertz CT molecular complexity index is 1060. The number of nitrogens with one attached hydrogen (secondary N) is 1. The van der Waals surface area contributed by atoms with Crippen LogP contribution < -0.4 is 10.2 Å². The Morgan fingerprint density at radius 2 is 1.58 bits per heavy atom. The summed E-state index contributed by atoms with van der Waals surface area (Å²) in [6, 6.07) is 13.3. The minimum atomic E-state index is -3.52. The van der Waals surface area contributed by atoms with Gasteiger partial charge >= 0.3 is 0 Å².